The summed E-state index contributed by atoms with van der Waals surface area (Å²) < 4.78 is 33.8. The minimum Gasteiger partial charge on any atom is -0.380 e. The molecule has 0 aliphatic heterocycles. The number of ether oxygens (including phenoxy) is 1. The summed E-state index contributed by atoms with van der Waals surface area (Å²) in [6.07, 6.45) is 1.67. The first kappa shape index (κ1) is 22.9. The number of amides is 1. The van der Waals surface area contributed by atoms with Gasteiger partial charge in [0.25, 0.3) is 5.91 Å². The van der Waals surface area contributed by atoms with Crippen LogP contribution in [-0.2, 0) is 11.3 Å². The Morgan fingerprint density at radius 3 is 2.81 bits per heavy atom. The van der Waals surface area contributed by atoms with Gasteiger partial charge in [0.05, 0.1) is 30.3 Å². The molecule has 2 N–H and O–H groups in total. The van der Waals surface area contributed by atoms with Crippen LogP contribution in [-0.4, -0.2) is 57.7 Å². The van der Waals surface area contributed by atoms with Crippen molar-refractivity contribution in [2.75, 3.05) is 37.4 Å². The molecule has 2 heterocycles. The highest BCUT2D eigenvalue weighted by atomic mass is 32.2. The zero-order chi connectivity index (χ0) is 22.2. The molecule has 0 radical (unpaired) electrons. The Morgan fingerprint density at radius 2 is 2.06 bits per heavy atom. The maximum absolute atomic E-state index is 13.8. The molecule has 0 aliphatic rings. The van der Waals surface area contributed by atoms with Crippen molar-refractivity contribution in [2.24, 2.45) is 0 Å². The highest BCUT2D eigenvalue weighted by Gasteiger charge is 2.15. The van der Waals surface area contributed by atoms with E-state index in [1.807, 2.05) is 13.8 Å². The minimum atomic E-state index is -0.904. The minimum absolute atomic E-state index is 0.194. The third-order valence-corrected chi connectivity index (χ3v) is 5.01. The lowest BCUT2D eigenvalue weighted by atomic mass is 10.2. The SMILES string of the molecule is CCOCCNc1nc(SCC)nc2c1cnn2CCNC(=O)c1ccc(F)cc1F. The van der Waals surface area contributed by atoms with Crippen molar-refractivity contribution in [3.63, 3.8) is 0 Å². The van der Waals surface area contributed by atoms with Gasteiger partial charge >= 0.3 is 0 Å². The average molecular weight is 451 g/mol. The number of fused-ring (bicyclic) bond motifs is 1. The molecule has 2 aromatic heterocycles. The fourth-order valence-electron chi connectivity index (χ4n) is 2.86. The van der Waals surface area contributed by atoms with Gasteiger partial charge in [0.1, 0.15) is 17.5 Å². The summed E-state index contributed by atoms with van der Waals surface area (Å²) in [7, 11) is 0. The predicted octanol–water partition coefficient (Wildman–Crippen LogP) is 3.09. The summed E-state index contributed by atoms with van der Waals surface area (Å²) in [5.41, 5.74) is 0.420. The molecule has 0 saturated carbocycles. The van der Waals surface area contributed by atoms with E-state index in [0.29, 0.717) is 49.0 Å². The van der Waals surface area contributed by atoms with Crippen molar-refractivity contribution in [3.05, 3.63) is 41.6 Å². The van der Waals surface area contributed by atoms with Crippen molar-refractivity contribution in [1.82, 2.24) is 25.1 Å². The van der Waals surface area contributed by atoms with E-state index < -0.39 is 17.5 Å². The number of thioether (sulfide) groups is 1. The molecule has 3 rings (SSSR count). The zero-order valence-corrected chi connectivity index (χ0v) is 18.1. The molecular weight excluding hydrogens is 426 g/mol. The Kier molecular flexibility index (Phi) is 8.13. The third-order valence-electron chi connectivity index (χ3n) is 4.28. The monoisotopic (exact) mass is 450 g/mol. The van der Waals surface area contributed by atoms with Gasteiger partial charge in [0.15, 0.2) is 10.8 Å². The van der Waals surface area contributed by atoms with E-state index in [9.17, 15) is 13.6 Å². The second kappa shape index (κ2) is 11.0. The van der Waals surface area contributed by atoms with Gasteiger partial charge in [-0.15, -0.1) is 0 Å². The van der Waals surface area contributed by atoms with Crippen LogP contribution in [0.2, 0.25) is 0 Å². The van der Waals surface area contributed by atoms with Crippen LogP contribution in [0.4, 0.5) is 14.6 Å². The van der Waals surface area contributed by atoms with E-state index in [0.717, 1.165) is 23.3 Å². The van der Waals surface area contributed by atoms with Gasteiger partial charge in [-0.1, -0.05) is 18.7 Å². The molecule has 1 aromatic carbocycles. The molecule has 0 bridgehead atoms. The van der Waals surface area contributed by atoms with Crippen LogP contribution in [0.1, 0.15) is 24.2 Å². The molecule has 0 saturated heterocycles. The van der Waals surface area contributed by atoms with Gasteiger partial charge in [-0.2, -0.15) is 5.10 Å². The van der Waals surface area contributed by atoms with Gasteiger partial charge in [-0.05, 0) is 24.8 Å². The summed E-state index contributed by atoms with van der Waals surface area (Å²) >= 11 is 1.51. The van der Waals surface area contributed by atoms with E-state index >= 15 is 0 Å². The van der Waals surface area contributed by atoms with Crippen LogP contribution < -0.4 is 10.6 Å². The van der Waals surface area contributed by atoms with Crippen LogP contribution in [0.3, 0.4) is 0 Å². The first-order valence-corrected chi connectivity index (χ1v) is 10.9. The smallest absolute Gasteiger partial charge is 0.254 e. The Hall–Kier alpha value is -2.79. The molecule has 0 atom stereocenters. The molecule has 166 valence electrons. The highest BCUT2D eigenvalue weighted by Crippen LogP contribution is 2.24. The lowest BCUT2D eigenvalue weighted by molar-refractivity contribution is 0.0948. The first-order valence-electron chi connectivity index (χ1n) is 9.94. The maximum atomic E-state index is 13.8. The Bertz CT molecular complexity index is 1050. The summed E-state index contributed by atoms with van der Waals surface area (Å²) in [4.78, 5) is 21.3. The van der Waals surface area contributed by atoms with Gasteiger partial charge in [0, 0.05) is 25.8 Å². The quantitative estimate of drug-likeness (QED) is 0.263. The number of benzene rings is 1. The number of hydrogen-bond acceptors (Lipinski definition) is 7. The molecule has 0 spiro atoms. The predicted molar refractivity (Wildman–Crippen MR) is 115 cm³/mol. The lowest BCUT2D eigenvalue weighted by Crippen LogP contribution is -2.28. The summed E-state index contributed by atoms with van der Waals surface area (Å²) in [5.74, 6) is -0.771. The molecule has 8 nitrogen and oxygen atoms in total. The van der Waals surface area contributed by atoms with E-state index in [4.69, 9.17) is 4.74 Å². The van der Waals surface area contributed by atoms with Gasteiger partial charge < -0.3 is 15.4 Å². The number of hydrogen-bond donors (Lipinski definition) is 2. The van der Waals surface area contributed by atoms with E-state index in [-0.39, 0.29) is 12.1 Å². The Labute approximate surface area is 182 Å². The van der Waals surface area contributed by atoms with Crippen molar-refractivity contribution in [1.29, 1.82) is 0 Å². The number of aromatic nitrogens is 4. The third kappa shape index (κ3) is 5.88. The number of carbonyl (C=O) groups is 1. The molecule has 3 aromatic rings. The van der Waals surface area contributed by atoms with Gasteiger partial charge in [-0.25, -0.2) is 23.4 Å². The van der Waals surface area contributed by atoms with Gasteiger partial charge in [0.2, 0.25) is 0 Å². The number of rotatable bonds is 11. The Balaban J connectivity index is 1.71. The van der Waals surface area contributed by atoms with Gasteiger partial charge in [-0.3, -0.25) is 4.79 Å². The van der Waals surface area contributed by atoms with E-state index in [2.05, 4.69) is 25.7 Å². The summed E-state index contributed by atoms with van der Waals surface area (Å²) in [6.45, 7) is 6.26. The van der Waals surface area contributed by atoms with Crippen LogP contribution in [0, 0.1) is 11.6 Å². The van der Waals surface area contributed by atoms with E-state index in [1.54, 1.807) is 10.9 Å². The number of carbonyl (C=O) groups excluding carboxylic acids is 1. The first-order chi connectivity index (χ1) is 15.0. The Morgan fingerprint density at radius 1 is 1.23 bits per heavy atom. The fraction of sp³-hybridized carbons (Fsp3) is 0.400. The molecule has 0 fully saturated rings. The molecule has 1 amide bonds. The number of anilines is 1. The normalized spacial score (nSPS) is 11.1. The summed E-state index contributed by atoms with van der Waals surface area (Å²) in [5, 5.41) is 11.6. The van der Waals surface area contributed by atoms with Crippen molar-refractivity contribution in [2.45, 2.75) is 25.5 Å². The molecule has 11 heteroatoms. The second-order valence-electron chi connectivity index (χ2n) is 6.40. The van der Waals surface area contributed by atoms with Crippen molar-refractivity contribution >= 4 is 34.5 Å². The average Bonchev–Trinajstić information content (AvgIpc) is 3.14. The standard InChI is InChI=1S/C20H24F2N6O2S/c1-3-30-10-8-23-17-15-12-25-28(18(15)27-20(26-17)31-4-2)9-7-24-19(29)14-6-5-13(21)11-16(14)22/h5-6,11-12H,3-4,7-10H2,1-2H3,(H,24,29)(H,23,26,27). The number of nitrogens with zero attached hydrogens (tertiary/aromatic N) is 4. The van der Waals surface area contributed by atoms with Crippen LogP contribution in [0.25, 0.3) is 11.0 Å². The zero-order valence-electron chi connectivity index (χ0n) is 17.3. The number of nitrogens with one attached hydrogen (secondary N) is 2. The highest BCUT2D eigenvalue weighted by molar-refractivity contribution is 7.99. The molecule has 0 aliphatic carbocycles. The fourth-order valence-corrected chi connectivity index (χ4v) is 3.42. The van der Waals surface area contributed by atoms with Crippen molar-refractivity contribution < 1.29 is 18.3 Å². The summed E-state index contributed by atoms with van der Waals surface area (Å²) in [6, 6.07) is 2.84. The van der Waals surface area contributed by atoms with Crippen LogP contribution >= 0.6 is 11.8 Å². The van der Waals surface area contributed by atoms with Crippen LogP contribution in [0.5, 0.6) is 0 Å². The lowest BCUT2D eigenvalue weighted by Gasteiger charge is -2.10. The molecule has 0 unspecified atom stereocenters. The molecular formula is C20H24F2N6O2S. The topological polar surface area (TPSA) is 94.0 Å². The van der Waals surface area contributed by atoms with E-state index in [1.165, 1.54) is 11.8 Å². The second-order valence-corrected chi connectivity index (χ2v) is 7.63. The van der Waals surface area contributed by atoms with Crippen LogP contribution in [0.15, 0.2) is 29.6 Å². The molecule has 31 heavy (non-hydrogen) atoms. The maximum Gasteiger partial charge on any atom is 0.254 e. The number of halogens is 2. The largest absolute Gasteiger partial charge is 0.380 e. The van der Waals surface area contributed by atoms with Crippen molar-refractivity contribution in [3.8, 4) is 0 Å².